The molecule has 0 spiro atoms. The molecule has 19 heavy (non-hydrogen) atoms. The molecule has 1 atom stereocenters. The molecule has 1 aliphatic heterocycles. The van der Waals surface area contributed by atoms with Crippen molar-refractivity contribution >= 4 is 21.8 Å². The van der Waals surface area contributed by atoms with Crippen molar-refractivity contribution in [1.29, 1.82) is 0 Å². The predicted molar refractivity (Wildman–Crippen MR) is 77.9 cm³/mol. The topological polar surface area (TPSA) is 52.6 Å². The Morgan fingerprint density at radius 1 is 1.53 bits per heavy atom. The minimum Gasteiger partial charge on any atom is -0.506 e. The first-order chi connectivity index (χ1) is 9.13. The zero-order valence-electron chi connectivity index (χ0n) is 11.0. The number of likely N-dealkylation sites (N-methyl/N-ethyl adjacent to an activating group) is 1. The number of aromatic hydroxyl groups is 1. The highest BCUT2D eigenvalue weighted by molar-refractivity contribution is 9.10. The summed E-state index contributed by atoms with van der Waals surface area (Å²) < 4.78 is 0.693. The first-order valence-corrected chi connectivity index (χ1v) is 7.34. The number of nitrogens with zero attached hydrogens (tertiary/aromatic N) is 1. The molecule has 5 heteroatoms. The zero-order valence-corrected chi connectivity index (χ0v) is 12.6. The van der Waals surface area contributed by atoms with Gasteiger partial charge in [-0.1, -0.05) is 18.6 Å². The number of benzene rings is 1. The normalized spacial score (nSPS) is 20.2. The first kappa shape index (κ1) is 14.3. The van der Waals surface area contributed by atoms with E-state index in [2.05, 4.69) is 26.1 Å². The summed E-state index contributed by atoms with van der Waals surface area (Å²) in [4.78, 5) is 14.0. The Morgan fingerprint density at radius 3 is 3.05 bits per heavy atom. The average molecular weight is 327 g/mol. The quantitative estimate of drug-likeness (QED) is 0.895. The molecule has 0 saturated carbocycles. The Balaban J connectivity index is 2.15. The van der Waals surface area contributed by atoms with E-state index in [1.165, 1.54) is 0 Å². The van der Waals surface area contributed by atoms with Crippen molar-refractivity contribution < 1.29 is 9.90 Å². The molecule has 0 bridgehead atoms. The maximum Gasteiger partial charge on any atom is 0.237 e. The summed E-state index contributed by atoms with van der Waals surface area (Å²) in [6.07, 6.45) is 3.07. The standard InChI is InChI=1S/C14H19BrN2O2/c1-16-14(19)12-7-2-3-8-17(12)9-10-5-4-6-11(15)13(10)18/h4-6,12,18H,2-3,7-9H2,1H3,(H,16,19). The van der Waals surface area contributed by atoms with Crippen molar-refractivity contribution in [1.82, 2.24) is 10.2 Å². The van der Waals surface area contributed by atoms with Crippen LogP contribution in [0.4, 0.5) is 0 Å². The van der Waals surface area contributed by atoms with Gasteiger partial charge in [-0.25, -0.2) is 0 Å². The molecular formula is C14H19BrN2O2. The molecule has 1 aromatic carbocycles. The second-order valence-corrected chi connectivity index (χ2v) is 5.70. The van der Waals surface area contributed by atoms with Gasteiger partial charge in [0.25, 0.3) is 0 Å². The van der Waals surface area contributed by atoms with E-state index >= 15 is 0 Å². The highest BCUT2D eigenvalue weighted by atomic mass is 79.9. The summed E-state index contributed by atoms with van der Waals surface area (Å²) in [5, 5.41) is 12.8. The Hall–Kier alpha value is -1.07. The number of amides is 1. The molecule has 0 aromatic heterocycles. The third kappa shape index (κ3) is 3.28. The van der Waals surface area contributed by atoms with Gasteiger partial charge in [0.05, 0.1) is 10.5 Å². The lowest BCUT2D eigenvalue weighted by atomic mass is 10.0. The fraction of sp³-hybridized carbons (Fsp3) is 0.500. The van der Waals surface area contributed by atoms with E-state index in [1.54, 1.807) is 7.05 Å². The number of hydrogen-bond acceptors (Lipinski definition) is 3. The molecule has 1 unspecified atom stereocenters. The summed E-state index contributed by atoms with van der Waals surface area (Å²) in [7, 11) is 1.67. The van der Waals surface area contributed by atoms with Gasteiger partial charge in [-0.15, -0.1) is 0 Å². The van der Waals surface area contributed by atoms with E-state index in [4.69, 9.17) is 0 Å². The van der Waals surface area contributed by atoms with Crippen molar-refractivity contribution in [2.45, 2.75) is 31.8 Å². The molecule has 1 amide bonds. The molecule has 4 nitrogen and oxygen atoms in total. The van der Waals surface area contributed by atoms with Gasteiger partial charge in [-0.2, -0.15) is 0 Å². The lowest BCUT2D eigenvalue weighted by molar-refractivity contribution is -0.127. The van der Waals surface area contributed by atoms with Crippen molar-refractivity contribution in [2.24, 2.45) is 0 Å². The third-order valence-corrected chi connectivity index (χ3v) is 4.25. The molecule has 0 aliphatic carbocycles. The van der Waals surface area contributed by atoms with Crippen LogP contribution in [-0.4, -0.2) is 35.5 Å². The van der Waals surface area contributed by atoms with Crippen LogP contribution in [0.25, 0.3) is 0 Å². The number of piperidine rings is 1. The van der Waals surface area contributed by atoms with Crippen LogP contribution in [0.1, 0.15) is 24.8 Å². The molecule has 0 radical (unpaired) electrons. The summed E-state index contributed by atoms with van der Waals surface area (Å²) >= 11 is 3.32. The van der Waals surface area contributed by atoms with Crippen LogP contribution in [0.2, 0.25) is 0 Å². The first-order valence-electron chi connectivity index (χ1n) is 6.55. The van der Waals surface area contributed by atoms with Crippen molar-refractivity contribution in [3.8, 4) is 5.75 Å². The maximum absolute atomic E-state index is 11.9. The van der Waals surface area contributed by atoms with Gasteiger partial charge in [-0.05, 0) is 41.4 Å². The van der Waals surface area contributed by atoms with Gasteiger partial charge in [0, 0.05) is 19.2 Å². The summed E-state index contributed by atoms with van der Waals surface area (Å²) in [5.74, 6) is 0.331. The number of carbonyl (C=O) groups is 1. The molecule has 1 aliphatic rings. The SMILES string of the molecule is CNC(=O)C1CCCCN1Cc1cccc(Br)c1O. The number of rotatable bonds is 3. The van der Waals surface area contributed by atoms with Gasteiger partial charge in [0.15, 0.2) is 0 Å². The molecule has 1 heterocycles. The third-order valence-electron chi connectivity index (χ3n) is 3.61. The van der Waals surface area contributed by atoms with Crippen molar-refractivity contribution in [2.75, 3.05) is 13.6 Å². The summed E-state index contributed by atoms with van der Waals surface area (Å²) in [5.41, 5.74) is 0.852. The van der Waals surface area contributed by atoms with E-state index in [0.29, 0.717) is 11.0 Å². The Labute approximate surface area is 121 Å². The fourth-order valence-electron chi connectivity index (χ4n) is 2.55. The minimum absolute atomic E-state index is 0.0641. The molecular weight excluding hydrogens is 308 g/mol. The van der Waals surface area contributed by atoms with E-state index in [0.717, 1.165) is 31.4 Å². The number of halogens is 1. The second kappa shape index (κ2) is 6.39. The molecule has 104 valence electrons. The van der Waals surface area contributed by atoms with Crippen LogP contribution in [0.3, 0.4) is 0 Å². The highest BCUT2D eigenvalue weighted by Gasteiger charge is 2.28. The van der Waals surface area contributed by atoms with Crippen LogP contribution >= 0.6 is 15.9 Å². The van der Waals surface area contributed by atoms with Crippen molar-refractivity contribution in [3.05, 3.63) is 28.2 Å². The van der Waals surface area contributed by atoms with E-state index in [-0.39, 0.29) is 17.7 Å². The number of phenolic OH excluding ortho intramolecular Hbond substituents is 1. The smallest absolute Gasteiger partial charge is 0.237 e. The Kier molecular flexibility index (Phi) is 4.82. The lowest BCUT2D eigenvalue weighted by Gasteiger charge is -2.34. The minimum atomic E-state index is -0.0860. The summed E-state index contributed by atoms with van der Waals surface area (Å²) in [6, 6.07) is 5.52. The average Bonchev–Trinajstić information content (AvgIpc) is 2.43. The van der Waals surface area contributed by atoms with Gasteiger partial charge in [-0.3, -0.25) is 9.69 Å². The molecule has 1 saturated heterocycles. The number of carbonyl (C=O) groups excluding carboxylic acids is 1. The fourth-order valence-corrected chi connectivity index (χ4v) is 2.96. The number of para-hydroxylation sites is 1. The van der Waals surface area contributed by atoms with Crippen LogP contribution in [0.5, 0.6) is 5.75 Å². The monoisotopic (exact) mass is 326 g/mol. The second-order valence-electron chi connectivity index (χ2n) is 4.84. The van der Waals surface area contributed by atoms with E-state index in [9.17, 15) is 9.90 Å². The van der Waals surface area contributed by atoms with E-state index in [1.807, 2.05) is 18.2 Å². The van der Waals surface area contributed by atoms with E-state index < -0.39 is 0 Å². The number of nitrogens with one attached hydrogen (secondary N) is 1. The Bertz CT molecular complexity index is 465. The van der Waals surface area contributed by atoms with Crippen LogP contribution in [-0.2, 0) is 11.3 Å². The number of phenols is 1. The van der Waals surface area contributed by atoms with Crippen molar-refractivity contribution in [3.63, 3.8) is 0 Å². The van der Waals surface area contributed by atoms with Gasteiger partial charge in [0.1, 0.15) is 5.75 Å². The number of likely N-dealkylation sites (tertiary alicyclic amines) is 1. The maximum atomic E-state index is 11.9. The van der Waals surface area contributed by atoms with Gasteiger partial charge < -0.3 is 10.4 Å². The highest BCUT2D eigenvalue weighted by Crippen LogP contribution is 2.30. The van der Waals surface area contributed by atoms with Crippen LogP contribution < -0.4 is 5.32 Å². The van der Waals surface area contributed by atoms with Crippen LogP contribution in [0, 0.1) is 0 Å². The Morgan fingerprint density at radius 2 is 2.32 bits per heavy atom. The molecule has 1 aromatic rings. The molecule has 2 N–H and O–H groups in total. The largest absolute Gasteiger partial charge is 0.506 e. The summed E-state index contributed by atoms with van der Waals surface area (Å²) in [6.45, 7) is 1.49. The van der Waals surface area contributed by atoms with Gasteiger partial charge in [0.2, 0.25) is 5.91 Å². The molecule has 1 fully saturated rings. The van der Waals surface area contributed by atoms with Crippen LogP contribution in [0.15, 0.2) is 22.7 Å². The number of hydrogen-bond donors (Lipinski definition) is 2. The molecule has 2 rings (SSSR count). The lowest BCUT2D eigenvalue weighted by Crippen LogP contribution is -2.48. The van der Waals surface area contributed by atoms with Gasteiger partial charge >= 0.3 is 0 Å². The predicted octanol–water partition coefficient (Wildman–Crippen LogP) is 2.26. The zero-order chi connectivity index (χ0) is 13.8.